The van der Waals surface area contributed by atoms with Gasteiger partial charge in [-0.05, 0) is 19.1 Å². The maximum atomic E-state index is 13.7. The van der Waals surface area contributed by atoms with Gasteiger partial charge in [0.15, 0.2) is 10.8 Å². The second kappa shape index (κ2) is 8.87. The predicted molar refractivity (Wildman–Crippen MR) is 118 cm³/mol. The average Bonchev–Trinajstić information content (AvgIpc) is 3.35. The summed E-state index contributed by atoms with van der Waals surface area (Å²) >= 11 is 7.66. The Morgan fingerprint density at radius 2 is 2.25 bits per heavy atom. The molecular formula is C19H19ClFN5O4S2. The lowest BCUT2D eigenvalue weighted by molar-refractivity contribution is -0.139. The van der Waals surface area contributed by atoms with Crippen molar-refractivity contribution in [2.24, 2.45) is 10.1 Å². The highest BCUT2D eigenvalue weighted by Gasteiger charge is 2.43. The number of aliphatic imine (C=N–C) groups is 1. The molecule has 2 atom stereocenters. The van der Waals surface area contributed by atoms with Crippen molar-refractivity contribution < 1.29 is 22.3 Å². The van der Waals surface area contributed by atoms with Crippen molar-refractivity contribution in [3.63, 3.8) is 0 Å². The molecule has 0 radical (unpaired) electrons. The molecule has 1 fully saturated rings. The molecule has 0 spiro atoms. The molecule has 170 valence electrons. The van der Waals surface area contributed by atoms with Crippen LogP contribution in [0.1, 0.15) is 30.0 Å². The summed E-state index contributed by atoms with van der Waals surface area (Å²) in [4.78, 5) is 23.8. The van der Waals surface area contributed by atoms with Gasteiger partial charge in [0.1, 0.15) is 11.9 Å². The Hall–Kier alpha value is -2.38. The Kier molecular flexibility index (Phi) is 6.32. The number of hydrogen-bond acceptors (Lipinski definition) is 8. The number of rotatable bonds is 6. The lowest BCUT2D eigenvalue weighted by Crippen LogP contribution is -2.42. The van der Waals surface area contributed by atoms with Crippen LogP contribution < -0.4 is 9.86 Å². The number of nitrogens with two attached hydrogens (primary N) is 1. The number of carbonyl (C=O) groups is 1. The summed E-state index contributed by atoms with van der Waals surface area (Å²) < 4.78 is 44.6. The molecular weight excluding hydrogens is 481 g/mol. The zero-order valence-corrected chi connectivity index (χ0v) is 19.2. The number of hydrogen-bond donors (Lipinski definition) is 2. The molecule has 13 heteroatoms. The summed E-state index contributed by atoms with van der Waals surface area (Å²) in [5, 5.41) is 7.62. The van der Waals surface area contributed by atoms with E-state index in [1.54, 1.807) is 23.4 Å². The van der Waals surface area contributed by atoms with Crippen LogP contribution in [0.2, 0.25) is 5.02 Å². The molecule has 2 aromatic rings. The summed E-state index contributed by atoms with van der Waals surface area (Å²) in [5.41, 5.74) is 1.15. The van der Waals surface area contributed by atoms with Gasteiger partial charge >= 0.3 is 5.97 Å². The topological polar surface area (TPSA) is 127 Å². The number of carbonyl (C=O) groups excluding carboxylic acids is 1. The molecule has 2 aliphatic rings. The van der Waals surface area contributed by atoms with E-state index in [1.807, 2.05) is 0 Å². The highest BCUT2D eigenvalue weighted by atomic mass is 35.5. The molecule has 1 saturated heterocycles. The Balaban J connectivity index is 1.89. The fourth-order valence-electron chi connectivity index (χ4n) is 3.83. The van der Waals surface area contributed by atoms with Crippen LogP contribution in [0.4, 0.5) is 4.39 Å². The van der Waals surface area contributed by atoms with Gasteiger partial charge < -0.3 is 9.64 Å². The molecule has 32 heavy (non-hydrogen) atoms. The van der Waals surface area contributed by atoms with E-state index < -0.39 is 34.1 Å². The van der Waals surface area contributed by atoms with Crippen molar-refractivity contribution in [1.29, 1.82) is 0 Å². The minimum atomic E-state index is -3.98. The average molecular weight is 500 g/mol. The van der Waals surface area contributed by atoms with E-state index in [0.717, 1.165) is 6.07 Å². The molecule has 1 aromatic carbocycles. The number of aromatic nitrogens is 1. The van der Waals surface area contributed by atoms with E-state index in [-0.39, 0.29) is 30.2 Å². The third kappa shape index (κ3) is 4.55. The molecule has 0 unspecified atom stereocenters. The van der Waals surface area contributed by atoms with Crippen LogP contribution in [0.25, 0.3) is 0 Å². The zero-order valence-electron chi connectivity index (χ0n) is 16.8. The molecule has 0 aliphatic carbocycles. The van der Waals surface area contributed by atoms with Crippen molar-refractivity contribution in [2.45, 2.75) is 25.4 Å². The SMILES string of the molecule is CCOC(=O)C1=C2C[C@H](NS(N)(=O)=O)CN2C(c2nccs2)=N[C@H]1c1ccc(F)cc1Cl. The maximum Gasteiger partial charge on any atom is 0.338 e. The number of benzene rings is 1. The smallest absolute Gasteiger partial charge is 0.338 e. The van der Waals surface area contributed by atoms with Crippen molar-refractivity contribution in [3.05, 3.63) is 62.5 Å². The number of thiazole rings is 1. The number of nitrogens with zero attached hydrogens (tertiary/aromatic N) is 3. The first-order valence-corrected chi connectivity index (χ1v) is 12.4. The molecule has 4 rings (SSSR count). The highest BCUT2D eigenvalue weighted by Crippen LogP contribution is 2.42. The first-order valence-electron chi connectivity index (χ1n) is 9.58. The fourth-order valence-corrected chi connectivity index (χ4v) is 5.36. The van der Waals surface area contributed by atoms with Gasteiger partial charge in [-0.25, -0.2) is 19.3 Å². The molecule has 1 aromatic heterocycles. The van der Waals surface area contributed by atoms with Crippen LogP contribution in [-0.2, 0) is 19.7 Å². The molecule has 0 bridgehead atoms. The minimum absolute atomic E-state index is 0.102. The molecule has 3 N–H and O–H groups in total. The van der Waals surface area contributed by atoms with E-state index in [9.17, 15) is 17.6 Å². The van der Waals surface area contributed by atoms with E-state index in [1.165, 1.54) is 23.5 Å². The second-order valence-corrected chi connectivity index (χ2v) is 9.74. The number of amidine groups is 1. The molecule has 0 saturated carbocycles. The zero-order chi connectivity index (χ0) is 23.0. The Morgan fingerprint density at radius 3 is 2.88 bits per heavy atom. The third-order valence-corrected chi connectivity index (χ3v) is 6.73. The van der Waals surface area contributed by atoms with E-state index in [4.69, 9.17) is 26.5 Å². The van der Waals surface area contributed by atoms with Gasteiger partial charge in [-0.1, -0.05) is 17.7 Å². The fraction of sp³-hybridized carbons (Fsp3) is 0.316. The highest BCUT2D eigenvalue weighted by molar-refractivity contribution is 7.87. The van der Waals surface area contributed by atoms with Crippen LogP contribution in [0.15, 0.2) is 46.0 Å². The quantitative estimate of drug-likeness (QED) is 0.586. The molecule has 0 amide bonds. The number of ether oxygens (including phenoxy) is 1. The summed E-state index contributed by atoms with van der Waals surface area (Å²) in [7, 11) is -3.98. The van der Waals surface area contributed by atoms with Crippen LogP contribution >= 0.6 is 22.9 Å². The number of fused-ring (bicyclic) bond motifs is 1. The van der Waals surface area contributed by atoms with Crippen LogP contribution in [0.3, 0.4) is 0 Å². The Bertz CT molecular complexity index is 1220. The number of halogens is 2. The maximum absolute atomic E-state index is 13.7. The first-order chi connectivity index (χ1) is 15.2. The second-order valence-electron chi connectivity index (χ2n) is 7.11. The van der Waals surface area contributed by atoms with Crippen LogP contribution in [0.5, 0.6) is 0 Å². The van der Waals surface area contributed by atoms with Crippen molar-refractivity contribution in [1.82, 2.24) is 14.6 Å². The minimum Gasteiger partial charge on any atom is -0.463 e. The van der Waals surface area contributed by atoms with Gasteiger partial charge in [0.2, 0.25) is 0 Å². The van der Waals surface area contributed by atoms with Gasteiger partial charge in [0.05, 0.1) is 12.2 Å². The first kappa shape index (κ1) is 22.8. The van der Waals surface area contributed by atoms with Crippen molar-refractivity contribution >= 4 is 45.0 Å². The molecule has 2 aliphatic heterocycles. The van der Waals surface area contributed by atoms with Gasteiger partial charge in [0, 0.05) is 46.9 Å². The monoisotopic (exact) mass is 499 g/mol. The largest absolute Gasteiger partial charge is 0.463 e. The summed E-state index contributed by atoms with van der Waals surface area (Å²) in [5.74, 6) is -0.688. The van der Waals surface area contributed by atoms with E-state index in [2.05, 4.69) is 9.71 Å². The van der Waals surface area contributed by atoms with Gasteiger partial charge in [-0.2, -0.15) is 13.1 Å². The number of nitrogens with one attached hydrogen (secondary N) is 1. The Labute approximate surface area is 192 Å². The predicted octanol–water partition coefficient (Wildman–Crippen LogP) is 2.12. The summed E-state index contributed by atoms with van der Waals surface area (Å²) in [6.07, 6.45) is 1.78. The van der Waals surface area contributed by atoms with Crippen molar-refractivity contribution in [3.8, 4) is 0 Å². The van der Waals surface area contributed by atoms with Gasteiger partial charge in [-0.15, -0.1) is 11.3 Å². The van der Waals surface area contributed by atoms with Crippen LogP contribution in [-0.4, -0.2) is 49.3 Å². The van der Waals surface area contributed by atoms with Crippen LogP contribution in [0, 0.1) is 5.82 Å². The van der Waals surface area contributed by atoms with Gasteiger partial charge in [-0.3, -0.25) is 4.99 Å². The normalized spacial score (nSPS) is 20.9. The molecule has 9 nitrogen and oxygen atoms in total. The summed E-state index contributed by atoms with van der Waals surface area (Å²) in [6.45, 7) is 1.99. The lowest BCUT2D eigenvalue weighted by Gasteiger charge is -2.31. The van der Waals surface area contributed by atoms with Gasteiger partial charge in [0.25, 0.3) is 10.2 Å². The van der Waals surface area contributed by atoms with Crippen molar-refractivity contribution in [2.75, 3.05) is 13.2 Å². The molecule has 3 heterocycles. The van der Waals surface area contributed by atoms with E-state index in [0.29, 0.717) is 22.1 Å². The number of esters is 1. The Morgan fingerprint density at radius 1 is 1.47 bits per heavy atom. The summed E-state index contributed by atoms with van der Waals surface area (Å²) in [6, 6.07) is 2.36. The third-order valence-electron chi connectivity index (χ3n) is 4.97. The van der Waals surface area contributed by atoms with E-state index >= 15 is 0 Å². The standard InChI is InChI=1S/C19H19ClFN5O4S2/c1-2-30-19(27)15-14-8-11(25-32(22,28)29)9-26(14)17(18-23-5-6-31-18)24-16(15)12-4-3-10(21)7-13(12)20/h3-7,11,16,25H,2,8-9H2,1H3,(H2,22,28,29)/t11-,16-/m0/s1. The lowest BCUT2D eigenvalue weighted by atomic mass is 9.94.